The fourth-order valence-electron chi connectivity index (χ4n) is 5.39. The molecule has 0 unspecified atom stereocenters. The number of carbonyl (C=O) groups excluding carboxylic acids is 1. The number of hydrogen-bond acceptors (Lipinski definition) is 3. The Balaban J connectivity index is 1.20. The molecule has 2 aromatic rings. The molecule has 3 atom stereocenters. The van der Waals surface area contributed by atoms with Crippen LogP contribution < -0.4 is 0 Å². The van der Waals surface area contributed by atoms with Crippen LogP contribution in [0.5, 0.6) is 0 Å². The second-order valence-electron chi connectivity index (χ2n) is 8.05. The molecule has 5 heteroatoms. The molecule has 0 radical (unpaired) electrons. The fraction of sp³-hybridized carbons (Fsp3) is 0.600. The molecule has 2 bridgehead atoms. The summed E-state index contributed by atoms with van der Waals surface area (Å²) in [7, 11) is 0. The van der Waals surface area contributed by atoms with Crippen molar-refractivity contribution in [2.45, 2.75) is 38.1 Å². The molecule has 132 valence electrons. The number of aromatic amines is 1. The number of carbonyl (C=O) groups is 1. The van der Waals surface area contributed by atoms with E-state index in [0.717, 1.165) is 60.7 Å². The Morgan fingerprint density at radius 3 is 2.84 bits per heavy atom. The molecule has 2 saturated carbocycles. The van der Waals surface area contributed by atoms with Gasteiger partial charge in [0.05, 0.1) is 6.42 Å². The second-order valence-corrected chi connectivity index (χ2v) is 8.05. The third-order valence-electron chi connectivity index (χ3n) is 6.72. The van der Waals surface area contributed by atoms with Gasteiger partial charge in [0.1, 0.15) is 5.65 Å². The van der Waals surface area contributed by atoms with E-state index in [0.29, 0.717) is 6.42 Å². The maximum absolute atomic E-state index is 12.7. The molecule has 1 amide bonds. The van der Waals surface area contributed by atoms with Gasteiger partial charge in [-0.2, -0.15) is 0 Å². The number of H-pyrrole nitrogens is 1. The average Bonchev–Trinajstić information content (AvgIpc) is 3.38. The van der Waals surface area contributed by atoms with Crippen LogP contribution in [0, 0.1) is 11.8 Å². The molecule has 0 spiro atoms. The van der Waals surface area contributed by atoms with Crippen LogP contribution in [0.1, 0.15) is 31.2 Å². The summed E-state index contributed by atoms with van der Waals surface area (Å²) in [6, 6.07) is 4.77. The van der Waals surface area contributed by atoms with Gasteiger partial charge in [-0.05, 0) is 48.8 Å². The summed E-state index contributed by atoms with van der Waals surface area (Å²) in [5.74, 6) is 2.17. The highest BCUT2D eigenvalue weighted by Crippen LogP contribution is 2.46. The highest BCUT2D eigenvalue weighted by Gasteiger charge is 2.42. The second kappa shape index (κ2) is 6.13. The first-order valence-corrected chi connectivity index (χ1v) is 9.71. The van der Waals surface area contributed by atoms with Crippen LogP contribution in [0.15, 0.2) is 24.5 Å². The van der Waals surface area contributed by atoms with Crippen LogP contribution in [0.2, 0.25) is 0 Å². The Hall–Kier alpha value is -1.88. The van der Waals surface area contributed by atoms with Crippen LogP contribution >= 0.6 is 0 Å². The lowest BCUT2D eigenvalue weighted by molar-refractivity contribution is -0.132. The Morgan fingerprint density at radius 1 is 1.20 bits per heavy atom. The van der Waals surface area contributed by atoms with Crippen molar-refractivity contribution in [1.29, 1.82) is 0 Å². The third-order valence-corrected chi connectivity index (χ3v) is 6.72. The first-order valence-electron chi connectivity index (χ1n) is 9.71. The van der Waals surface area contributed by atoms with Crippen LogP contribution in [0.4, 0.5) is 0 Å². The first-order chi connectivity index (χ1) is 12.3. The van der Waals surface area contributed by atoms with E-state index in [-0.39, 0.29) is 5.91 Å². The highest BCUT2D eigenvalue weighted by molar-refractivity contribution is 5.87. The van der Waals surface area contributed by atoms with Gasteiger partial charge in [0.2, 0.25) is 5.91 Å². The topological polar surface area (TPSA) is 52.2 Å². The average molecular weight is 338 g/mol. The molecule has 5 nitrogen and oxygen atoms in total. The van der Waals surface area contributed by atoms with E-state index in [2.05, 4.69) is 19.8 Å². The Bertz CT molecular complexity index is 777. The van der Waals surface area contributed by atoms with Gasteiger partial charge < -0.3 is 9.88 Å². The summed E-state index contributed by atoms with van der Waals surface area (Å²) in [5, 5.41) is 1.07. The van der Waals surface area contributed by atoms with E-state index in [4.69, 9.17) is 0 Å². The number of rotatable bonds is 3. The van der Waals surface area contributed by atoms with Crippen molar-refractivity contribution in [1.82, 2.24) is 19.8 Å². The van der Waals surface area contributed by atoms with E-state index in [1.165, 1.54) is 25.7 Å². The largest absolute Gasteiger partial charge is 0.346 e. The number of hydrogen-bond donors (Lipinski definition) is 1. The molecule has 1 saturated heterocycles. The van der Waals surface area contributed by atoms with Crippen LogP contribution in [0.3, 0.4) is 0 Å². The van der Waals surface area contributed by atoms with E-state index < -0.39 is 0 Å². The molecule has 3 heterocycles. The molecule has 5 rings (SSSR count). The molecule has 3 aliphatic rings. The zero-order chi connectivity index (χ0) is 16.8. The molecule has 1 N–H and O–H groups in total. The minimum atomic E-state index is 0.248. The SMILES string of the molecule is O=C(Cc1c[nH]c2ncccc12)N1CCN([C@@H]2C[C@H]3CC[C@H]2C3)CC1. The monoisotopic (exact) mass is 338 g/mol. The third kappa shape index (κ3) is 2.74. The van der Waals surface area contributed by atoms with Crippen molar-refractivity contribution in [3.8, 4) is 0 Å². The maximum atomic E-state index is 12.7. The van der Waals surface area contributed by atoms with Gasteiger partial charge in [-0.25, -0.2) is 4.98 Å². The van der Waals surface area contributed by atoms with Crippen molar-refractivity contribution in [2.24, 2.45) is 11.8 Å². The van der Waals surface area contributed by atoms with Crippen molar-refractivity contribution in [3.63, 3.8) is 0 Å². The molecular weight excluding hydrogens is 312 g/mol. The molecule has 3 fully saturated rings. The van der Waals surface area contributed by atoms with Gasteiger partial charge in [0.15, 0.2) is 0 Å². The van der Waals surface area contributed by atoms with Crippen molar-refractivity contribution < 1.29 is 4.79 Å². The molecule has 25 heavy (non-hydrogen) atoms. The number of nitrogens with one attached hydrogen (secondary N) is 1. The number of nitrogens with zero attached hydrogens (tertiary/aromatic N) is 3. The summed E-state index contributed by atoms with van der Waals surface area (Å²) in [4.78, 5) is 24.9. The van der Waals surface area contributed by atoms with Crippen LogP contribution in [0.25, 0.3) is 11.0 Å². The Labute approximate surface area is 148 Å². The quantitative estimate of drug-likeness (QED) is 0.935. The summed E-state index contributed by atoms with van der Waals surface area (Å²) < 4.78 is 0. The van der Waals surface area contributed by atoms with E-state index in [1.807, 2.05) is 18.3 Å². The normalized spacial score (nSPS) is 29.6. The van der Waals surface area contributed by atoms with Crippen molar-refractivity contribution >= 4 is 16.9 Å². The first kappa shape index (κ1) is 15.4. The summed E-state index contributed by atoms with van der Waals surface area (Å²) in [5.41, 5.74) is 1.93. The number of piperazine rings is 1. The van der Waals surface area contributed by atoms with Gasteiger partial charge in [-0.3, -0.25) is 9.69 Å². The van der Waals surface area contributed by atoms with Gasteiger partial charge in [-0.1, -0.05) is 6.42 Å². The minimum absolute atomic E-state index is 0.248. The summed E-state index contributed by atoms with van der Waals surface area (Å²) >= 11 is 0. The Morgan fingerprint density at radius 2 is 2.08 bits per heavy atom. The maximum Gasteiger partial charge on any atom is 0.227 e. The number of pyridine rings is 1. The smallest absolute Gasteiger partial charge is 0.227 e. The zero-order valence-corrected chi connectivity index (χ0v) is 14.7. The minimum Gasteiger partial charge on any atom is -0.346 e. The molecule has 2 aliphatic carbocycles. The van der Waals surface area contributed by atoms with Crippen molar-refractivity contribution in [3.05, 3.63) is 30.1 Å². The fourth-order valence-corrected chi connectivity index (χ4v) is 5.39. The zero-order valence-electron chi connectivity index (χ0n) is 14.7. The Kier molecular flexibility index (Phi) is 3.77. The van der Waals surface area contributed by atoms with Crippen LogP contribution in [-0.2, 0) is 11.2 Å². The van der Waals surface area contributed by atoms with Gasteiger partial charge in [-0.15, -0.1) is 0 Å². The molecule has 0 aromatic carbocycles. The lowest BCUT2D eigenvalue weighted by Crippen LogP contribution is -2.53. The number of aromatic nitrogens is 2. The van der Waals surface area contributed by atoms with Crippen molar-refractivity contribution in [2.75, 3.05) is 26.2 Å². The van der Waals surface area contributed by atoms with Gasteiger partial charge >= 0.3 is 0 Å². The standard InChI is InChI=1S/C20H26N4O/c25-19(12-16-13-22-20-17(16)2-1-5-21-20)24-8-6-23(7-9-24)18-11-14-3-4-15(18)10-14/h1-2,5,13-15,18H,3-4,6-12H2,(H,21,22)/t14-,15-,18+/m0/s1. The van der Waals surface area contributed by atoms with E-state index in [1.54, 1.807) is 6.20 Å². The summed E-state index contributed by atoms with van der Waals surface area (Å²) in [6.07, 6.45) is 9.93. The summed E-state index contributed by atoms with van der Waals surface area (Å²) in [6.45, 7) is 3.87. The van der Waals surface area contributed by atoms with E-state index in [9.17, 15) is 4.79 Å². The molecular formula is C20H26N4O. The predicted octanol–water partition coefficient (Wildman–Crippen LogP) is 2.44. The lowest BCUT2D eigenvalue weighted by atomic mass is 9.93. The van der Waals surface area contributed by atoms with Gasteiger partial charge in [0.25, 0.3) is 0 Å². The highest BCUT2D eigenvalue weighted by atomic mass is 16.2. The van der Waals surface area contributed by atoms with Crippen LogP contribution in [-0.4, -0.2) is 57.9 Å². The lowest BCUT2D eigenvalue weighted by Gasteiger charge is -2.41. The van der Waals surface area contributed by atoms with E-state index >= 15 is 0 Å². The van der Waals surface area contributed by atoms with Gasteiger partial charge in [0, 0.05) is 50.0 Å². The number of amides is 1. The molecule has 1 aliphatic heterocycles. The predicted molar refractivity (Wildman–Crippen MR) is 97.2 cm³/mol. The number of fused-ring (bicyclic) bond motifs is 3. The molecule has 2 aromatic heterocycles.